The van der Waals surface area contributed by atoms with Crippen LogP contribution >= 0.6 is 0 Å². The molecule has 0 aliphatic carbocycles. The number of H-pyrrole nitrogens is 1. The van der Waals surface area contributed by atoms with Crippen molar-refractivity contribution in [2.45, 2.75) is 39.5 Å². The second-order valence-electron chi connectivity index (χ2n) is 4.10. The van der Waals surface area contributed by atoms with Crippen LogP contribution < -0.4 is 5.73 Å². The topological polar surface area (TPSA) is 54.7 Å². The molecule has 0 aliphatic heterocycles. The summed E-state index contributed by atoms with van der Waals surface area (Å²) in [5, 5.41) is 0. The van der Waals surface area contributed by atoms with Gasteiger partial charge in [0.15, 0.2) is 0 Å². The minimum Gasteiger partial charge on any atom is -0.345 e. The summed E-state index contributed by atoms with van der Waals surface area (Å²) in [6.45, 7) is 8.99. The maximum absolute atomic E-state index is 5.68. The van der Waals surface area contributed by atoms with Crippen LogP contribution in [0.3, 0.4) is 0 Å². The number of nitrogens with one attached hydrogen (secondary N) is 1. The Morgan fingerprint density at radius 3 is 2.46 bits per heavy atom. The lowest BCUT2D eigenvalue weighted by Crippen LogP contribution is -2.29. The zero-order valence-electron chi connectivity index (χ0n) is 8.94. The van der Waals surface area contributed by atoms with Gasteiger partial charge in [-0.05, 0) is 13.3 Å². The van der Waals surface area contributed by atoms with Crippen LogP contribution in [0.1, 0.15) is 38.0 Å². The summed E-state index contributed by atoms with van der Waals surface area (Å²) in [5.74, 6) is 1.00. The minimum atomic E-state index is -0.0435. The van der Waals surface area contributed by atoms with Gasteiger partial charge in [0.1, 0.15) is 5.82 Å². The van der Waals surface area contributed by atoms with Crippen molar-refractivity contribution in [2.24, 2.45) is 5.73 Å². The monoisotopic (exact) mass is 181 g/mol. The van der Waals surface area contributed by atoms with E-state index in [2.05, 4.69) is 37.7 Å². The van der Waals surface area contributed by atoms with E-state index in [1.807, 2.05) is 0 Å². The molecule has 0 bridgehead atoms. The van der Waals surface area contributed by atoms with E-state index in [4.69, 9.17) is 5.73 Å². The van der Waals surface area contributed by atoms with Crippen LogP contribution in [0.25, 0.3) is 0 Å². The maximum Gasteiger partial charge on any atom is 0.113 e. The van der Waals surface area contributed by atoms with Gasteiger partial charge < -0.3 is 10.7 Å². The fraction of sp³-hybridized carbons (Fsp3) is 0.700. The Bertz CT molecular complexity index is 286. The molecule has 0 aliphatic rings. The molecule has 3 nitrogen and oxygen atoms in total. The molecule has 0 atom stereocenters. The summed E-state index contributed by atoms with van der Waals surface area (Å²) >= 11 is 0. The fourth-order valence-corrected chi connectivity index (χ4v) is 1.26. The highest BCUT2D eigenvalue weighted by Gasteiger charge is 2.22. The second kappa shape index (κ2) is 3.50. The molecule has 1 rings (SSSR count). The average Bonchev–Trinajstić information content (AvgIpc) is 2.47. The van der Waals surface area contributed by atoms with Gasteiger partial charge in [-0.2, -0.15) is 0 Å². The van der Waals surface area contributed by atoms with Crippen molar-refractivity contribution in [3.05, 3.63) is 17.2 Å². The molecule has 13 heavy (non-hydrogen) atoms. The SMILES string of the molecule is CCc1nc(C(C)(C)CN)[nH]c1C. The maximum atomic E-state index is 5.68. The van der Waals surface area contributed by atoms with Crippen LogP contribution in [-0.2, 0) is 11.8 Å². The first kappa shape index (κ1) is 10.3. The Kier molecular flexibility index (Phi) is 2.76. The average molecular weight is 181 g/mol. The van der Waals surface area contributed by atoms with E-state index >= 15 is 0 Å². The number of nitrogens with zero attached hydrogens (tertiary/aromatic N) is 1. The van der Waals surface area contributed by atoms with Gasteiger partial charge in [-0.1, -0.05) is 20.8 Å². The molecule has 0 saturated heterocycles. The lowest BCUT2D eigenvalue weighted by molar-refractivity contribution is 0.506. The third-order valence-electron chi connectivity index (χ3n) is 2.47. The number of hydrogen-bond acceptors (Lipinski definition) is 2. The minimum absolute atomic E-state index is 0.0435. The Hall–Kier alpha value is -0.830. The number of imidazole rings is 1. The second-order valence-corrected chi connectivity index (χ2v) is 4.10. The van der Waals surface area contributed by atoms with Crippen molar-refractivity contribution in [3.63, 3.8) is 0 Å². The van der Waals surface area contributed by atoms with Crippen molar-refractivity contribution in [1.29, 1.82) is 0 Å². The predicted molar refractivity (Wildman–Crippen MR) is 54.8 cm³/mol. The molecular weight excluding hydrogens is 162 g/mol. The molecule has 0 saturated carbocycles. The molecule has 0 amide bonds. The number of rotatable bonds is 3. The van der Waals surface area contributed by atoms with Crippen LogP contribution in [0, 0.1) is 6.92 Å². The first-order chi connectivity index (χ1) is 6.01. The predicted octanol–water partition coefficient (Wildman–Crippen LogP) is 1.52. The van der Waals surface area contributed by atoms with E-state index in [-0.39, 0.29) is 5.41 Å². The van der Waals surface area contributed by atoms with Gasteiger partial charge in [0.25, 0.3) is 0 Å². The zero-order valence-corrected chi connectivity index (χ0v) is 8.94. The first-order valence-electron chi connectivity index (χ1n) is 4.77. The smallest absolute Gasteiger partial charge is 0.113 e. The largest absolute Gasteiger partial charge is 0.345 e. The van der Waals surface area contributed by atoms with E-state index in [0.717, 1.165) is 17.9 Å². The van der Waals surface area contributed by atoms with E-state index in [1.165, 1.54) is 5.69 Å². The summed E-state index contributed by atoms with van der Waals surface area (Å²) in [6.07, 6.45) is 0.975. The van der Waals surface area contributed by atoms with Crippen molar-refractivity contribution in [2.75, 3.05) is 6.54 Å². The van der Waals surface area contributed by atoms with Crippen molar-refractivity contribution >= 4 is 0 Å². The highest BCUT2D eigenvalue weighted by atomic mass is 15.0. The lowest BCUT2D eigenvalue weighted by atomic mass is 9.93. The van der Waals surface area contributed by atoms with Gasteiger partial charge in [0, 0.05) is 17.7 Å². The molecule has 3 N–H and O–H groups in total. The molecule has 0 aromatic carbocycles. The summed E-state index contributed by atoms with van der Waals surface area (Å²) in [5.41, 5.74) is 7.95. The number of hydrogen-bond donors (Lipinski definition) is 2. The molecule has 0 unspecified atom stereocenters. The molecular formula is C10H19N3. The summed E-state index contributed by atoms with van der Waals surface area (Å²) in [4.78, 5) is 7.83. The fourth-order valence-electron chi connectivity index (χ4n) is 1.26. The molecule has 3 heteroatoms. The highest BCUT2D eigenvalue weighted by molar-refractivity contribution is 5.17. The third-order valence-corrected chi connectivity index (χ3v) is 2.47. The zero-order chi connectivity index (χ0) is 10.1. The number of nitrogens with two attached hydrogens (primary N) is 1. The van der Waals surface area contributed by atoms with Crippen LogP contribution in [0.4, 0.5) is 0 Å². The molecule has 1 aromatic heterocycles. The lowest BCUT2D eigenvalue weighted by Gasteiger charge is -2.18. The molecule has 0 radical (unpaired) electrons. The van der Waals surface area contributed by atoms with Crippen LogP contribution in [0.5, 0.6) is 0 Å². The van der Waals surface area contributed by atoms with E-state index in [1.54, 1.807) is 0 Å². The molecule has 1 aromatic rings. The van der Waals surface area contributed by atoms with E-state index in [0.29, 0.717) is 6.54 Å². The van der Waals surface area contributed by atoms with Crippen LogP contribution in [0.2, 0.25) is 0 Å². The van der Waals surface area contributed by atoms with Crippen molar-refractivity contribution in [3.8, 4) is 0 Å². The van der Waals surface area contributed by atoms with Gasteiger partial charge in [-0.3, -0.25) is 0 Å². The Labute approximate surface area is 79.8 Å². The Morgan fingerprint density at radius 1 is 1.46 bits per heavy atom. The number of aromatic amines is 1. The van der Waals surface area contributed by atoms with Crippen LogP contribution in [0.15, 0.2) is 0 Å². The van der Waals surface area contributed by atoms with Gasteiger partial charge in [-0.25, -0.2) is 4.98 Å². The number of aryl methyl sites for hydroxylation is 2. The van der Waals surface area contributed by atoms with Crippen molar-refractivity contribution in [1.82, 2.24) is 9.97 Å². The van der Waals surface area contributed by atoms with Crippen LogP contribution in [-0.4, -0.2) is 16.5 Å². The highest BCUT2D eigenvalue weighted by Crippen LogP contribution is 2.20. The summed E-state index contributed by atoms with van der Waals surface area (Å²) in [7, 11) is 0. The van der Waals surface area contributed by atoms with E-state index < -0.39 is 0 Å². The summed E-state index contributed by atoms with van der Waals surface area (Å²) in [6, 6.07) is 0. The van der Waals surface area contributed by atoms with Gasteiger partial charge in [0.05, 0.1) is 5.69 Å². The Morgan fingerprint density at radius 2 is 2.08 bits per heavy atom. The molecule has 0 fully saturated rings. The molecule has 1 heterocycles. The van der Waals surface area contributed by atoms with Gasteiger partial charge in [-0.15, -0.1) is 0 Å². The standard InChI is InChI=1S/C10H19N3/c1-5-8-7(2)12-9(13-8)10(3,4)6-11/h5-6,11H2,1-4H3,(H,12,13). The third kappa shape index (κ3) is 1.91. The summed E-state index contributed by atoms with van der Waals surface area (Å²) < 4.78 is 0. The van der Waals surface area contributed by atoms with Gasteiger partial charge in [0.2, 0.25) is 0 Å². The normalized spacial score (nSPS) is 12.1. The van der Waals surface area contributed by atoms with Gasteiger partial charge >= 0.3 is 0 Å². The molecule has 74 valence electrons. The first-order valence-corrected chi connectivity index (χ1v) is 4.77. The number of aromatic nitrogens is 2. The van der Waals surface area contributed by atoms with Crippen molar-refractivity contribution < 1.29 is 0 Å². The van der Waals surface area contributed by atoms with E-state index in [9.17, 15) is 0 Å². The Balaban J connectivity index is 3.03. The molecule has 0 spiro atoms. The quantitative estimate of drug-likeness (QED) is 0.742.